The molecule has 10 heterocycles. The standard InChI is InChI=1S/C91H66N6S2/c1-53-8-22-60(23-9-53)84-70-40-41-71(93-70)85(61-24-10-54(2)11-25-61)73-44-47-78(95-73)90(66-34-20-59(7)21-35-66)91-67(52-79(97-91)86(74-43-42-72(84)94-74)62-26-12-55(3)13-27-62)36-37-68-69-38-39-75(92-69)87(63-28-14-56(4)15-29-63)82-50-51-83(99-82)89(65-32-18-58(6)19-33-65)77-46-45-76(96-77)88(81-49-48-80(68)98-81)64-30-16-57(5)17-31-64/h8-35,38-52,94-95H,1-7H3. The Balaban J connectivity index is 0.994. The second-order valence-corrected chi connectivity index (χ2v) is 28.4. The van der Waals surface area contributed by atoms with Gasteiger partial charge in [-0.2, -0.15) is 0 Å². The van der Waals surface area contributed by atoms with E-state index in [0.29, 0.717) is 0 Å². The second-order valence-electron chi connectivity index (χ2n) is 26.3. The number of H-pyrrole nitrogens is 2. The Morgan fingerprint density at radius 3 is 0.859 bits per heavy atom. The van der Waals surface area contributed by atoms with Crippen molar-refractivity contribution in [3.63, 3.8) is 0 Å². The van der Waals surface area contributed by atoms with Crippen molar-refractivity contribution in [2.45, 2.75) is 48.5 Å². The summed E-state index contributed by atoms with van der Waals surface area (Å²) in [7, 11) is 0. The molecule has 13 aromatic rings. The summed E-state index contributed by atoms with van der Waals surface area (Å²) in [6.45, 7) is 14.9. The van der Waals surface area contributed by atoms with Gasteiger partial charge in [0.25, 0.3) is 0 Å². The summed E-state index contributed by atoms with van der Waals surface area (Å²) in [5.41, 5.74) is 34.6. The molecule has 99 heavy (non-hydrogen) atoms. The highest BCUT2D eigenvalue weighted by Gasteiger charge is 2.25. The molecular weight excluding hydrogens is 1240 g/mol. The zero-order valence-corrected chi connectivity index (χ0v) is 57.6. The van der Waals surface area contributed by atoms with Crippen LogP contribution in [0, 0.1) is 60.3 Å². The van der Waals surface area contributed by atoms with Crippen LogP contribution in [-0.2, 0) is 0 Å². The number of hydrogen-bond acceptors (Lipinski definition) is 6. The molecule has 0 fully saturated rings. The number of rotatable bonds is 7. The van der Waals surface area contributed by atoms with Crippen molar-refractivity contribution in [3.05, 3.63) is 308 Å². The van der Waals surface area contributed by atoms with Crippen molar-refractivity contribution in [2.75, 3.05) is 0 Å². The monoisotopic (exact) mass is 1310 g/mol. The van der Waals surface area contributed by atoms with Gasteiger partial charge in [0.15, 0.2) is 0 Å². The number of aryl methyl sites for hydroxylation is 7. The van der Waals surface area contributed by atoms with Gasteiger partial charge >= 0.3 is 0 Å². The first-order chi connectivity index (χ1) is 48.4. The zero-order valence-electron chi connectivity index (χ0n) is 55.9. The predicted octanol–water partition coefficient (Wildman–Crippen LogP) is 24.3. The van der Waals surface area contributed by atoms with E-state index in [2.05, 4.69) is 331 Å². The molecule has 0 aliphatic carbocycles. The number of nitrogens with zero attached hydrogens (tertiary/aromatic N) is 4. The number of fused-ring (bicyclic) bond motifs is 16. The summed E-state index contributed by atoms with van der Waals surface area (Å²) < 4.78 is 4.27. The van der Waals surface area contributed by atoms with Gasteiger partial charge in [0, 0.05) is 79.8 Å². The van der Waals surface area contributed by atoms with Crippen molar-refractivity contribution in [2.24, 2.45) is 0 Å². The zero-order chi connectivity index (χ0) is 67.0. The average Bonchev–Trinajstić information content (AvgIpc) is 1.62. The van der Waals surface area contributed by atoms with Gasteiger partial charge in [0.1, 0.15) is 0 Å². The van der Waals surface area contributed by atoms with Gasteiger partial charge in [-0.25, -0.2) is 19.9 Å². The van der Waals surface area contributed by atoms with Gasteiger partial charge in [-0.05, 0) is 178 Å². The number of hydrogen-bond donors (Lipinski definition) is 2. The first kappa shape index (κ1) is 60.8. The minimum Gasteiger partial charge on any atom is -0.354 e. The molecule has 0 saturated heterocycles. The number of aromatic nitrogens is 6. The lowest BCUT2D eigenvalue weighted by molar-refractivity contribution is 1.30. The molecule has 2 N–H and O–H groups in total. The number of benzene rings is 7. The molecule has 6 nitrogen and oxygen atoms in total. The van der Waals surface area contributed by atoms with E-state index in [-0.39, 0.29) is 0 Å². The second kappa shape index (κ2) is 25.0. The van der Waals surface area contributed by atoms with Crippen LogP contribution in [0.2, 0.25) is 0 Å². The molecule has 17 rings (SSSR count). The minimum atomic E-state index is 0.742. The van der Waals surface area contributed by atoms with Crippen LogP contribution in [0.3, 0.4) is 0 Å². The molecule has 0 unspecified atom stereocenters. The van der Waals surface area contributed by atoms with Crippen molar-refractivity contribution >= 4 is 112 Å². The third kappa shape index (κ3) is 11.5. The fourth-order valence-corrected chi connectivity index (χ4v) is 16.0. The fourth-order valence-electron chi connectivity index (χ4n) is 13.8. The van der Waals surface area contributed by atoms with Crippen LogP contribution in [-0.4, -0.2) is 29.9 Å². The van der Waals surface area contributed by atoms with E-state index in [4.69, 9.17) is 19.9 Å². The van der Waals surface area contributed by atoms with E-state index in [1.807, 2.05) is 0 Å². The fraction of sp³-hybridized carbons (Fsp3) is 0.0769. The highest BCUT2D eigenvalue weighted by Crippen LogP contribution is 2.45. The molecule has 4 aliphatic heterocycles. The van der Waals surface area contributed by atoms with Crippen LogP contribution >= 0.6 is 22.7 Å². The largest absolute Gasteiger partial charge is 0.354 e. The molecule has 16 bridgehead atoms. The third-order valence-corrected chi connectivity index (χ3v) is 21.3. The van der Waals surface area contributed by atoms with Gasteiger partial charge in [0.05, 0.1) is 56.7 Å². The molecule has 0 amide bonds. The SMILES string of the molecule is Cc1ccc(-c2c3nc(c(-c4ccc(C)cc4)c4ccc([nH]4)c(-c4ccc(C)cc4)c4nc(c(-c5ccc(C)cc5)c5ccc2[nH]5)C=C4C#Cc2c4nc(c(-c5ccc(C)cc5)c5ccc(s5)c(-c5ccc(C)cc5)c5nc(c(-c6ccc(C)cc6)c6ccc2s6)C=C5)C=C4)C=C3)cc1. The Kier molecular flexibility index (Phi) is 15.3. The average molecular weight is 1310 g/mol. The van der Waals surface area contributed by atoms with Crippen LogP contribution in [0.25, 0.3) is 167 Å². The van der Waals surface area contributed by atoms with E-state index >= 15 is 0 Å². The Morgan fingerprint density at radius 1 is 0.242 bits per heavy atom. The smallest absolute Gasteiger partial charge is 0.0893 e. The molecule has 472 valence electrons. The van der Waals surface area contributed by atoms with E-state index in [0.717, 1.165) is 187 Å². The van der Waals surface area contributed by atoms with E-state index in [1.165, 1.54) is 27.8 Å². The Bertz CT molecular complexity index is 5990. The molecular formula is C91H66N6S2. The highest BCUT2D eigenvalue weighted by molar-refractivity contribution is 7.24. The van der Waals surface area contributed by atoms with Crippen molar-refractivity contribution in [3.8, 4) is 89.7 Å². The predicted molar refractivity (Wildman–Crippen MR) is 422 cm³/mol. The molecule has 0 radical (unpaired) electrons. The van der Waals surface area contributed by atoms with Gasteiger partial charge in [-0.3, -0.25) is 0 Å². The number of allylic oxidation sites excluding steroid dienone is 1. The molecule has 0 spiro atoms. The van der Waals surface area contributed by atoms with E-state index in [1.54, 1.807) is 22.7 Å². The summed E-state index contributed by atoms with van der Waals surface area (Å²) in [6, 6.07) is 79.3. The van der Waals surface area contributed by atoms with Crippen molar-refractivity contribution in [1.29, 1.82) is 0 Å². The number of nitrogens with one attached hydrogen (secondary N) is 2. The Morgan fingerprint density at radius 2 is 0.505 bits per heavy atom. The molecule has 4 aliphatic rings. The lowest BCUT2D eigenvalue weighted by Crippen LogP contribution is -1.91. The molecule has 0 atom stereocenters. The first-order valence-electron chi connectivity index (χ1n) is 33.6. The molecule has 7 aromatic carbocycles. The topological polar surface area (TPSA) is 83.1 Å². The van der Waals surface area contributed by atoms with Gasteiger partial charge in [-0.1, -0.05) is 221 Å². The Hall–Kier alpha value is -11.9. The van der Waals surface area contributed by atoms with E-state index < -0.39 is 0 Å². The van der Waals surface area contributed by atoms with E-state index in [9.17, 15) is 0 Å². The Labute approximate surface area is 584 Å². The normalized spacial score (nSPS) is 12.3. The first-order valence-corrected chi connectivity index (χ1v) is 35.2. The summed E-state index contributed by atoms with van der Waals surface area (Å²) in [4.78, 5) is 30.9. The molecule has 0 saturated carbocycles. The molecule has 6 aromatic heterocycles. The van der Waals surface area contributed by atoms with Crippen LogP contribution in [0.4, 0.5) is 0 Å². The third-order valence-electron chi connectivity index (χ3n) is 19.1. The van der Waals surface area contributed by atoms with Crippen LogP contribution in [0.15, 0.2) is 218 Å². The summed E-state index contributed by atoms with van der Waals surface area (Å²) in [5, 5.41) is 0. The van der Waals surface area contributed by atoms with Gasteiger partial charge in [0.2, 0.25) is 0 Å². The summed E-state index contributed by atoms with van der Waals surface area (Å²) in [5.74, 6) is 7.84. The van der Waals surface area contributed by atoms with Crippen LogP contribution in [0.5, 0.6) is 0 Å². The number of aromatic amines is 2. The molecule has 8 heteroatoms. The van der Waals surface area contributed by atoms with Gasteiger partial charge in [-0.15, -0.1) is 22.7 Å². The summed E-state index contributed by atoms with van der Waals surface area (Å²) in [6.07, 6.45) is 15.3. The van der Waals surface area contributed by atoms with Gasteiger partial charge < -0.3 is 9.97 Å². The number of thiophene rings is 2. The van der Waals surface area contributed by atoms with Crippen LogP contribution < -0.4 is 0 Å². The minimum absolute atomic E-state index is 0.742. The maximum atomic E-state index is 5.93. The quantitative estimate of drug-likeness (QED) is 0.156. The lowest BCUT2D eigenvalue weighted by atomic mass is 9.98. The van der Waals surface area contributed by atoms with Crippen molar-refractivity contribution < 1.29 is 0 Å². The van der Waals surface area contributed by atoms with Crippen LogP contribution in [0.1, 0.15) is 90.1 Å². The lowest BCUT2D eigenvalue weighted by Gasteiger charge is -2.08. The summed E-state index contributed by atoms with van der Waals surface area (Å²) >= 11 is 3.49. The highest BCUT2D eigenvalue weighted by atomic mass is 32.1. The van der Waals surface area contributed by atoms with Crippen molar-refractivity contribution in [1.82, 2.24) is 29.9 Å². The maximum absolute atomic E-state index is 5.93. The maximum Gasteiger partial charge on any atom is 0.0893 e.